The summed E-state index contributed by atoms with van der Waals surface area (Å²) in [6.45, 7) is 6.59. The van der Waals surface area contributed by atoms with Gasteiger partial charge in [-0.05, 0) is 54.8 Å². The average molecular weight is 494 g/mol. The predicted octanol–water partition coefficient (Wildman–Crippen LogP) is 6.76. The maximum absolute atomic E-state index is 14.0. The fraction of sp³-hybridized carbons (Fsp3) is 0.179. The molecule has 36 heavy (non-hydrogen) atoms. The monoisotopic (exact) mass is 493 g/mol. The maximum atomic E-state index is 14.0. The number of nitrogens with zero attached hydrogens (tertiary/aromatic N) is 2. The molecule has 0 unspecified atom stereocenters. The van der Waals surface area contributed by atoms with Crippen LogP contribution >= 0.6 is 0 Å². The molecule has 2 N–H and O–H groups in total. The normalized spacial score (nSPS) is 10.4. The van der Waals surface area contributed by atoms with Gasteiger partial charge in [0.25, 0.3) is 0 Å². The summed E-state index contributed by atoms with van der Waals surface area (Å²) < 4.78 is 41.8. The largest absolute Gasteiger partial charge is 0.508 e. The summed E-state index contributed by atoms with van der Waals surface area (Å²) in [5.41, 5.74) is 2.12. The zero-order chi connectivity index (χ0) is 26.4. The number of phenolic OH excluding ortho intramolecular Hbond substituents is 1. The Kier molecular flexibility index (Phi) is 8.42. The van der Waals surface area contributed by atoms with E-state index in [0.29, 0.717) is 17.0 Å². The van der Waals surface area contributed by atoms with E-state index in [1.807, 2.05) is 44.2 Å². The van der Waals surface area contributed by atoms with Crippen molar-refractivity contribution in [3.05, 3.63) is 94.9 Å². The number of carbonyl (C=O) groups excluding carboxylic acids is 1. The standard InChI is InChI=1S/C26H20F3N3O2.C2H6/c1-14-19(15(2)23(28)24(29)22(14)27)12-21(34)32-26-25(17-8-10-18(33)11-9-17)31-20(13-30-26)16-6-4-3-5-7-16;1-2/h3-11,13,33H,12H2,1-2H3,(H,30,32,34);1-2H3. The number of carbonyl (C=O) groups is 1. The molecule has 0 fully saturated rings. The fourth-order valence-corrected chi connectivity index (χ4v) is 3.62. The van der Waals surface area contributed by atoms with Crippen LogP contribution in [0.3, 0.4) is 0 Å². The quantitative estimate of drug-likeness (QED) is 0.301. The first-order chi connectivity index (χ1) is 17.3. The highest BCUT2D eigenvalue weighted by atomic mass is 19.2. The SMILES string of the molecule is CC.Cc1c(F)c(F)c(F)c(C)c1CC(=O)Nc1ncc(-c2ccccc2)nc1-c1ccc(O)cc1. The molecule has 8 heteroatoms. The van der Waals surface area contributed by atoms with Gasteiger partial charge in [-0.3, -0.25) is 4.79 Å². The Hall–Kier alpha value is -4.20. The van der Waals surface area contributed by atoms with E-state index in [0.717, 1.165) is 5.56 Å². The van der Waals surface area contributed by atoms with Gasteiger partial charge >= 0.3 is 0 Å². The van der Waals surface area contributed by atoms with Crippen LogP contribution in [0, 0.1) is 31.3 Å². The molecule has 4 aromatic rings. The summed E-state index contributed by atoms with van der Waals surface area (Å²) in [6.07, 6.45) is 1.12. The third-order valence-corrected chi connectivity index (χ3v) is 5.53. The number of benzene rings is 3. The summed E-state index contributed by atoms with van der Waals surface area (Å²) in [7, 11) is 0. The van der Waals surface area contributed by atoms with Gasteiger partial charge in [0.2, 0.25) is 5.91 Å². The Morgan fingerprint density at radius 2 is 1.44 bits per heavy atom. The van der Waals surface area contributed by atoms with E-state index < -0.39 is 23.4 Å². The molecule has 0 atom stereocenters. The third-order valence-electron chi connectivity index (χ3n) is 5.53. The molecule has 1 amide bonds. The lowest BCUT2D eigenvalue weighted by atomic mass is 9.98. The van der Waals surface area contributed by atoms with E-state index in [1.54, 1.807) is 12.1 Å². The Labute approximate surface area is 207 Å². The van der Waals surface area contributed by atoms with Crippen molar-refractivity contribution in [3.63, 3.8) is 0 Å². The summed E-state index contributed by atoms with van der Waals surface area (Å²) in [6, 6.07) is 15.5. The van der Waals surface area contributed by atoms with Crippen molar-refractivity contribution in [2.45, 2.75) is 34.1 Å². The van der Waals surface area contributed by atoms with Crippen LogP contribution in [0.2, 0.25) is 0 Å². The van der Waals surface area contributed by atoms with Gasteiger partial charge < -0.3 is 10.4 Å². The van der Waals surface area contributed by atoms with E-state index in [1.165, 1.54) is 32.2 Å². The zero-order valence-electron chi connectivity index (χ0n) is 20.4. The van der Waals surface area contributed by atoms with E-state index in [2.05, 4.69) is 15.3 Å². The molecule has 1 aromatic heterocycles. The molecule has 1 heterocycles. The lowest BCUT2D eigenvalue weighted by molar-refractivity contribution is -0.115. The second-order valence-electron chi connectivity index (χ2n) is 7.76. The van der Waals surface area contributed by atoms with Crippen LogP contribution in [-0.2, 0) is 11.2 Å². The Morgan fingerprint density at radius 3 is 2.03 bits per heavy atom. The summed E-state index contributed by atoms with van der Waals surface area (Å²) >= 11 is 0. The molecule has 186 valence electrons. The van der Waals surface area contributed by atoms with Crippen LogP contribution in [0.25, 0.3) is 22.5 Å². The first kappa shape index (κ1) is 26.4. The topological polar surface area (TPSA) is 75.1 Å². The highest BCUT2D eigenvalue weighted by Gasteiger charge is 2.22. The van der Waals surface area contributed by atoms with Gasteiger partial charge in [0.15, 0.2) is 23.3 Å². The van der Waals surface area contributed by atoms with Crippen LogP contribution in [0.15, 0.2) is 60.8 Å². The van der Waals surface area contributed by atoms with Crippen molar-refractivity contribution in [2.75, 3.05) is 5.32 Å². The van der Waals surface area contributed by atoms with Gasteiger partial charge in [0.05, 0.1) is 18.3 Å². The number of amides is 1. The van der Waals surface area contributed by atoms with E-state index in [9.17, 15) is 23.1 Å². The zero-order valence-corrected chi connectivity index (χ0v) is 20.4. The van der Waals surface area contributed by atoms with Crippen molar-refractivity contribution in [1.82, 2.24) is 9.97 Å². The lowest BCUT2D eigenvalue weighted by Gasteiger charge is -2.14. The maximum Gasteiger partial charge on any atom is 0.230 e. The third kappa shape index (κ3) is 5.54. The van der Waals surface area contributed by atoms with Gasteiger partial charge in [0, 0.05) is 11.1 Å². The number of nitrogens with one attached hydrogen (secondary N) is 1. The predicted molar refractivity (Wildman–Crippen MR) is 134 cm³/mol. The smallest absolute Gasteiger partial charge is 0.230 e. The summed E-state index contributed by atoms with van der Waals surface area (Å²) in [5, 5.41) is 12.3. The van der Waals surface area contributed by atoms with Crippen molar-refractivity contribution in [1.29, 1.82) is 0 Å². The van der Waals surface area contributed by atoms with E-state index >= 15 is 0 Å². The molecule has 0 radical (unpaired) electrons. The van der Waals surface area contributed by atoms with Gasteiger partial charge in [-0.15, -0.1) is 0 Å². The van der Waals surface area contributed by atoms with Crippen LogP contribution in [-0.4, -0.2) is 21.0 Å². The minimum Gasteiger partial charge on any atom is -0.508 e. The number of phenols is 1. The molecule has 0 aliphatic carbocycles. The van der Waals surface area contributed by atoms with Crippen LogP contribution in [0.4, 0.5) is 19.0 Å². The van der Waals surface area contributed by atoms with E-state index in [-0.39, 0.29) is 34.7 Å². The molecule has 3 aromatic carbocycles. The van der Waals surface area contributed by atoms with Crippen molar-refractivity contribution < 1.29 is 23.1 Å². The number of halogens is 3. The molecule has 0 spiro atoms. The van der Waals surface area contributed by atoms with Crippen molar-refractivity contribution in [3.8, 4) is 28.3 Å². The molecule has 4 rings (SSSR count). The first-order valence-corrected chi connectivity index (χ1v) is 11.4. The number of aromatic nitrogens is 2. The average Bonchev–Trinajstić information content (AvgIpc) is 2.91. The highest BCUT2D eigenvalue weighted by Crippen LogP contribution is 2.30. The minimum absolute atomic E-state index is 0.0628. The molecule has 0 saturated heterocycles. The molecule has 5 nitrogen and oxygen atoms in total. The molecule has 0 aliphatic heterocycles. The Morgan fingerprint density at radius 1 is 0.861 bits per heavy atom. The van der Waals surface area contributed by atoms with Gasteiger partial charge in [-0.2, -0.15) is 0 Å². The molecule has 0 saturated carbocycles. The van der Waals surface area contributed by atoms with Crippen molar-refractivity contribution in [2.24, 2.45) is 0 Å². The Balaban J connectivity index is 0.00000176. The van der Waals surface area contributed by atoms with Crippen LogP contribution in [0.1, 0.15) is 30.5 Å². The molecular formula is C28H26F3N3O2. The highest BCUT2D eigenvalue weighted by molar-refractivity contribution is 5.95. The van der Waals surface area contributed by atoms with Gasteiger partial charge in [-0.1, -0.05) is 44.2 Å². The lowest BCUT2D eigenvalue weighted by Crippen LogP contribution is -2.19. The molecule has 0 bridgehead atoms. The van der Waals surface area contributed by atoms with Gasteiger partial charge in [-0.25, -0.2) is 23.1 Å². The Bertz CT molecular complexity index is 1350. The number of rotatable bonds is 5. The molecule has 0 aliphatic rings. The number of anilines is 1. The van der Waals surface area contributed by atoms with Gasteiger partial charge in [0.1, 0.15) is 11.4 Å². The molecular weight excluding hydrogens is 467 g/mol. The second-order valence-corrected chi connectivity index (χ2v) is 7.76. The number of hydrogen-bond acceptors (Lipinski definition) is 4. The second kappa shape index (κ2) is 11.5. The number of hydrogen-bond donors (Lipinski definition) is 2. The fourth-order valence-electron chi connectivity index (χ4n) is 3.62. The van der Waals surface area contributed by atoms with Crippen LogP contribution in [0.5, 0.6) is 5.75 Å². The minimum atomic E-state index is -1.56. The first-order valence-electron chi connectivity index (χ1n) is 11.4. The van der Waals surface area contributed by atoms with Crippen LogP contribution < -0.4 is 5.32 Å². The van der Waals surface area contributed by atoms with E-state index in [4.69, 9.17) is 0 Å². The summed E-state index contributed by atoms with van der Waals surface area (Å²) in [5.74, 6) is -4.60. The number of aromatic hydroxyl groups is 1. The van der Waals surface area contributed by atoms with Crippen molar-refractivity contribution >= 4 is 11.7 Å². The summed E-state index contributed by atoms with van der Waals surface area (Å²) in [4.78, 5) is 21.8.